The van der Waals surface area contributed by atoms with Gasteiger partial charge in [-0.3, -0.25) is 9.80 Å². The molecule has 2 aliphatic heterocycles. The quantitative estimate of drug-likeness (QED) is 0.609. The van der Waals surface area contributed by atoms with E-state index in [0.717, 1.165) is 41.5 Å². The van der Waals surface area contributed by atoms with Crippen molar-refractivity contribution in [3.63, 3.8) is 0 Å². The number of urea groups is 1. The molecule has 2 aromatic rings. The highest BCUT2D eigenvalue weighted by Crippen LogP contribution is 2.39. The van der Waals surface area contributed by atoms with Gasteiger partial charge < -0.3 is 10.2 Å². The van der Waals surface area contributed by atoms with E-state index in [4.69, 9.17) is 34.8 Å². The molecule has 1 N–H and O–H groups in total. The largest absolute Gasteiger partial charge is 0.367 e. The molecule has 0 aliphatic carbocycles. The molecule has 4 rings (SSSR count). The maximum atomic E-state index is 13.0. The molecule has 0 spiro atoms. The van der Waals surface area contributed by atoms with Gasteiger partial charge in [0.25, 0.3) is 0 Å². The Bertz CT molecular complexity index is 971. The van der Waals surface area contributed by atoms with Gasteiger partial charge in [0.05, 0.1) is 32.1 Å². The summed E-state index contributed by atoms with van der Waals surface area (Å²) >= 11 is 19.0. The van der Waals surface area contributed by atoms with Crippen LogP contribution in [-0.2, 0) is 6.42 Å². The summed E-state index contributed by atoms with van der Waals surface area (Å²) in [5.41, 5.74) is 3.44. The molecule has 160 valence electrons. The molecular weight excluding hydrogens is 443 g/mol. The lowest BCUT2D eigenvalue weighted by molar-refractivity contribution is 0.170. The van der Waals surface area contributed by atoms with Crippen molar-refractivity contribution in [2.75, 3.05) is 41.8 Å². The normalized spacial score (nSPS) is 21.7. The molecule has 8 heteroatoms. The Morgan fingerprint density at radius 3 is 2.43 bits per heavy atom. The minimum absolute atomic E-state index is 0.230. The number of nitrogens with one attached hydrogen (secondary N) is 1. The number of hydrogen-bond donors (Lipinski definition) is 1. The van der Waals surface area contributed by atoms with Crippen molar-refractivity contribution in [2.45, 2.75) is 32.4 Å². The van der Waals surface area contributed by atoms with Crippen LogP contribution in [0.5, 0.6) is 0 Å². The lowest BCUT2D eigenvalue weighted by Crippen LogP contribution is -2.55. The third-order valence-electron chi connectivity index (χ3n) is 6.18. The Morgan fingerprint density at radius 2 is 1.73 bits per heavy atom. The van der Waals surface area contributed by atoms with Gasteiger partial charge in [0.2, 0.25) is 0 Å². The van der Waals surface area contributed by atoms with Gasteiger partial charge in [0.1, 0.15) is 0 Å². The summed E-state index contributed by atoms with van der Waals surface area (Å²) in [6, 6.07) is 9.85. The fraction of sp³-hybridized carbons (Fsp3) is 0.409. The first kappa shape index (κ1) is 21.6. The molecule has 1 fully saturated rings. The van der Waals surface area contributed by atoms with Crippen LogP contribution < -0.4 is 15.1 Å². The number of anilines is 3. The molecular formula is C22H25Cl3N4O. The number of hydrogen-bond acceptors (Lipinski definition) is 3. The van der Waals surface area contributed by atoms with Crippen molar-refractivity contribution < 1.29 is 4.79 Å². The molecule has 0 bridgehead atoms. The number of fused-ring (bicyclic) bond motifs is 1. The fourth-order valence-corrected chi connectivity index (χ4v) is 4.89. The molecule has 2 atom stereocenters. The van der Waals surface area contributed by atoms with E-state index in [9.17, 15) is 4.79 Å². The van der Waals surface area contributed by atoms with E-state index >= 15 is 0 Å². The number of nitrogens with zero attached hydrogens (tertiary/aromatic N) is 3. The van der Waals surface area contributed by atoms with Crippen molar-refractivity contribution in [3.05, 3.63) is 51.0 Å². The topological polar surface area (TPSA) is 38.8 Å². The Kier molecular flexibility index (Phi) is 6.08. The maximum Gasteiger partial charge on any atom is 0.326 e. The van der Waals surface area contributed by atoms with Crippen LogP contribution in [-0.4, -0.2) is 49.7 Å². The average Bonchev–Trinajstić information content (AvgIpc) is 3.11. The minimum atomic E-state index is -0.230. The highest BCUT2D eigenvalue weighted by Gasteiger charge is 2.31. The first-order valence-electron chi connectivity index (χ1n) is 10.1. The molecule has 0 saturated carbocycles. The van der Waals surface area contributed by atoms with E-state index in [1.165, 1.54) is 0 Å². The lowest BCUT2D eigenvalue weighted by Gasteiger charge is -2.44. The van der Waals surface area contributed by atoms with E-state index in [2.05, 4.69) is 42.1 Å². The zero-order chi connectivity index (χ0) is 21.6. The summed E-state index contributed by atoms with van der Waals surface area (Å²) in [5, 5.41) is 4.36. The molecule has 5 nitrogen and oxygen atoms in total. The van der Waals surface area contributed by atoms with Gasteiger partial charge in [0.15, 0.2) is 0 Å². The molecule has 2 aliphatic rings. The zero-order valence-electron chi connectivity index (χ0n) is 17.3. The third kappa shape index (κ3) is 3.96. The second-order valence-electron chi connectivity index (χ2n) is 8.13. The monoisotopic (exact) mass is 466 g/mol. The van der Waals surface area contributed by atoms with Crippen molar-refractivity contribution >= 4 is 57.9 Å². The first-order valence-corrected chi connectivity index (χ1v) is 11.2. The van der Waals surface area contributed by atoms with Gasteiger partial charge in [0, 0.05) is 31.7 Å². The number of amides is 2. The maximum absolute atomic E-state index is 13.0. The molecule has 0 aromatic heterocycles. The van der Waals surface area contributed by atoms with Gasteiger partial charge in [-0.15, -0.1) is 0 Å². The first-order chi connectivity index (χ1) is 14.3. The predicted octanol–water partition coefficient (Wildman–Crippen LogP) is 5.77. The van der Waals surface area contributed by atoms with Crippen molar-refractivity contribution in [2.24, 2.45) is 0 Å². The number of likely N-dealkylation sites (N-methyl/N-ethyl adjacent to an activating group) is 1. The van der Waals surface area contributed by atoms with Crippen LogP contribution in [0.4, 0.5) is 21.9 Å². The zero-order valence-corrected chi connectivity index (χ0v) is 19.5. The van der Waals surface area contributed by atoms with E-state index in [0.29, 0.717) is 34.4 Å². The van der Waals surface area contributed by atoms with Gasteiger partial charge >= 0.3 is 6.03 Å². The standard InChI is InChI=1S/C22H25Cl3N4O/c1-13-11-28(12-14(2)27(13)3)20-10-19-15(9-17(20)24)7-8-29(19)22(30)26-18-6-4-5-16(23)21(18)25/h4-6,9-10,13-14H,7-8,11-12H2,1-3H3,(H,26,30). The third-order valence-corrected chi connectivity index (χ3v) is 7.30. The van der Waals surface area contributed by atoms with Gasteiger partial charge in [-0.2, -0.15) is 0 Å². The second kappa shape index (κ2) is 8.46. The van der Waals surface area contributed by atoms with Crippen LogP contribution in [0.2, 0.25) is 15.1 Å². The number of benzene rings is 2. The highest BCUT2D eigenvalue weighted by atomic mass is 35.5. The van der Waals surface area contributed by atoms with Crippen LogP contribution >= 0.6 is 34.8 Å². The number of carbonyl (C=O) groups excluding carboxylic acids is 1. The van der Waals surface area contributed by atoms with Gasteiger partial charge in [-0.25, -0.2) is 4.79 Å². The Balaban J connectivity index is 1.60. The van der Waals surface area contributed by atoms with E-state index in [1.54, 1.807) is 23.1 Å². The van der Waals surface area contributed by atoms with E-state index < -0.39 is 0 Å². The van der Waals surface area contributed by atoms with Crippen molar-refractivity contribution in [3.8, 4) is 0 Å². The van der Waals surface area contributed by atoms with E-state index in [1.807, 2.05) is 6.07 Å². The predicted molar refractivity (Wildman–Crippen MR) is 127 cm³/mol. The number of carbonyl (C=O) groups is 1. The fourth-order valence-electron chi connectivity index (χ4n) is 4.23. The van der Waals surface area contributed by atoms with Crippen LogP contribution in [0.3, 0.4) is 0 Å². The summed E-state index contributed by atoms with van der Waals surface area (Å²) in [4.78, 5) is 19.5. The molecule has 2 heterocycles. The summed E-state index contributed by atoms with van der Waals surface area (Å²) in [6.45, 7) is 6.82. The van der Waals surface area contributed by atoms with Crippen LogP contribution in [0, 0.1) is 0 Å². The summed E-state index contributed by atoms with van der Waals surface area (Å²) < 4.78 is 0. The van der Waals surface area contributed by atoms with Crippen LogP contribution in [0.15, 0.2) is 30.3 Å². The average molecular weight is 468 g/mol. The smallest absolute Gasteiger partial charge is 0.326 e. The van der Waals surface area contributed by atoms with Crippen molar-refractivity contribution in [1.29, 1.82) is 0 Å². The van der Waals surface area contributed by atoms with Crippen LogP contribution in [0.1, 0.15) is 19.4 Å². The summed E-state index contributed by atoms with van der Waals surface area (Å²) in [7, 11) is 2.16. The van der Waals surface area contributed by atoms with Gasteiger partial charge in [-0.05, 0) is 57.1 Å². The van der Waals surface area contributed by atoms with Crippen LogP contribution in [0.25, 0.3) is 0 Å². The Hall–Kier alpha value is -1.66. The minimum Gasteiger partial charge on any atom is -0.367 e. The molecule has 2 unspecified atom stereocenters. The molecule has 1 saturated heterocycles. The van der Waals surface area contributed by atoms with Crippen molar-refractivity contribution in [1.82, 2.24) is 4.90 Å². The summed E-state index contributed by atoms with van der Waals surface area (Å²) in [5.74, 6) is 0. The Morgan fingerprint density at radius 1 is 1.03 bits per heavy atom. The summed E-state index contributed by atoms with van der Waals surface area (Å²) in [6.07, 6.45) is 0.765. The SMILES string of the molecule is CC1CN(c2cc3c(cc2Cl)CCN3C(=O)Nc2cccc(Cl)c2Cl)CC(C)N1C. The highest BCUT2D eigenvalue weighted by molar-refractivity contribution is 6.44. The lowest BCUT2D eigenvalue weighted by atomic mass is 10.1. The Labute approximate surface area is 192 Å². The number of piperazine rings is 1. The molecule has 2 amide bonds. The van der Waals surface area contributed by atoms with Gasteiger partial charge in [-0.1, -0.05) is 40.9 Å². The molecule has 2 aromatic carbocycles. The van der Waals surface area contributed by atoms with E-state index in [-0.39, 0.29) is 6.03 Å². The molecule has 0 radical (unpaired) electrons. The molecule has 30 heavy (non-hydrogen) atoms. The number of halogens is 3. The second-order valence-corrected chi connectivity index (χ2v) is 9.33. The number of rotatable bonds is 2.